The Morgan fingerprint density at radius 2 is 2.30 bits per heavy atom. The summed E-state index contributed by atoms with van der Waals surface area (Å²) in [5.41, 5.74) is 0.548. The molecule has 1 atom stereocenters. The number of likely N-dealkylation sites (N-methyl/N-ethyl adjacent to an activating group) is 1. The minimum atomic E-state index is -0.134. The number of hydrogen-bond donors (Lipinski definition) is 2. The fraction of sp³-hybridized carbons (Fsp3) is 0.500. The Morgan fingerprint density at radius 1 is 1.50 bits per heavy atom. The van der Waals surface area contributed by atoms with Gasteiger partial charge in [0.05, 0.1) is 10.7 Å². The Bertz CT molecular complexity index is 475. The molecule has 1 aliphatic heterocycles. The molecule has 2 N–H and O–H groups in total. The molecule has 2 rings (SSSR count). The quantitative estimate of drug-likeness (QED) is 0.895. The number of rotatable bonds is 3. The highest BCUT2D eigenvalue weighted by Gasteiger charge is 2.24. The molecule has 1 unspecified atom stereocenters. The first kappa shape index (κ1) is 15.4. The molecule has 20 heavy (non-hydrogen) atoms. The van der Waals surface area contributed by atoms with Gasteiger partial charge in [-0.1, -0.05) is 23.2 Å². The molecular weight excluding hydrogens is 297 g/mol. The summed E-state index contributed by atoms with van der Waals surface area (Å²) >= 11 is 12.0. The van der Waals surface area contributed by atoms with E-state index in [9.17, 15) is 4.79 Å². The summed E-state index contributed by atoms with van der Waals surface area (Å²) in [6, 6.07) is 5.13. The van der Waals surface area contributed by atoms with E-state index in [1.165, 1.54) is 0 Å². The molecule has 1 aromatic carbocycles. The van der Waals surface area contributed by atoms with Crippen molar-refractivity contribution in [1.82, 2.24) is 10.2 Å². The first-order valence-corrected chi connectivity index (χ1v) is 7.60. The maximum atomic E-state index is 12.4. The van der Waals surface area contributed by atoms with Gasteiger partial charge >= 0.3 is 6.03 Å². The third-order valence-electron chi connectivity index (χ3n) is 3.48. The number of halogens is 2. The number of carbonyl (C=O) groups excluding carboxylic acids is 1. The van der Waals surface area contributed by atoms with Crippen molar-refractivity contribution in [2.24, 2.45) is 0 Å². The molecule has 1 aliphatic rings. The predicted molar refractivity (Wildman–Crippen MR) is 83.8 cm³/mol. The second-order valence-corrected chi connectivity index (χ2v) is 5.68. The van der Waals surface area contributed by atoms with Crippen LogP contribution in [0, 0.1) is 0 Å². The zero-order chi connectivity index (χ0) is 14.5. The van der Waals surface area contributed by atoms with Gasteiger partial charge in [-0.05, 0) is 44.5 Å². The molecule has 110 valence electrons. The van der Waals surface area contributed by atoms with E-state index in [0.29, 0.717) is 22.3 Å². The summed E-state index contributed by atoms with van der Waals surface area (Å²) < 4.78 is 0. The number of carbonyl (C=O) groups is 1. The molecule has 1 saturated heterocycles. The first-order chi connectivity index (χ1) is 9.61. The van der Waals surface area contributed by atoms with Crippen molar-refractivity contribution in [3.8, 4) is 0 Å². The topological polar surface area (TPSA) is 44.4 Å². The molecule has 0 saturated carbocycles. The minimum Gasteiger partial charge on any atom is -0.321 e. The number of amides is 2. The van der Waals surface area contributed by atoms with Gasteiger partial charge in [0.25, 0.3) is 0 Å². The van der Waals surface area contributed by atoms with Crippen LogP contribution in [0.2, 0.25) is 10.0 Å². The van der Waals surface area contributed by atoms with Gasteiger partial charge < -0.3 is 15.5 Å². The molecule has 6 heteroatoms. The Hall–Kier alpha value is -0.970. The van der Waals surface area contributed by atoms with Gasteiger partial charge in [0.15, 0.2) is 0 Å². The van der Waals surface area contributed by atoms with Crippen LogP contribution in [-0.2, 0) is 0 Å². The highest BCUT2D eigenvalue weighted by Crippen LogP contribution is 2.26. The number of urea groups is 1. The normalized spacial score (nSPS) is 18.6. The molecule has 0 spiro atoms. The van der Waals surface area contributed by atoms with Gasteiger partial charge in [-0.2, -0.15) is 0 Å². The number of nitrogens with one attached hydrogen (secondary N) is 2. The largest absolute Gasteiger partial charge is 0.322 e. The van der Waals surface area contributed by atoms with E-state index >= 15 is 0 Å². The molecular formula is C14H19Cl2N3O. The Labute approximate surface area is 129 Å². The number of anilines is 1. The lowest BCUT2D eigenvalue weighted by Crippen LogP contribution is -2.50. The van der Waals surface area contributed by atoms with Crippen LogP contribution in [0.3, 0.4) is 0 Å². The Kier molecular flexibility index (Phi) is 5.52. The zero-order valence-electron chi connectivity index (χ0n) is 11.5. The second-order valence-electron chi connectivity index (χ2n) is 4.84. The van der Waals surface area contributed by atoms with Crippen molar-refractivity contribution < 1.29 is 4.79 Å². The summed E-state index contributed by atoms with van der Waals surface area (Å²) in [5, 5.41) is 7.20. The molecule has 1 fully saturated rings. The number of nitrogens with zero attached hydrogens (tertiary/aromatic N) is 1. The van der Waals surface area contributed by atoms with Crippen molar-refractivity contribution in [1.29, 1.82) is 0 Å². The number of benzene rings is 1. The van der Waals surface area contributed by atoms with Crippen molar-refractivity contribution >= 4 is 34.9 Å². The molecule has 1 aromatic rings. The van der Waals surface area contributed by atoms with Crippen LogP contribution in [0.1, 0.15) is 19.8 Å². The lowest BCUT2D eigenvalue weighted by Gasteiger charge is -2.34. The summed E-state index contributed by atoms with van der Waals surface area (Å²) in [6.45, 7) is 4.50. The zero-order valence-corrected chi connectivity index (χ0v) is 13.0. The van der Waals surface area contributed by atoms with Gasteiger partial charge in [-0.15, -0.1) is 0 Å². The fourth-order valence-corrected chi connectivity index (χ4v) is 2.78. The first-order valence-electron chi connectivity index (χ1n) is 6.85. The maximum Gasteiger partial charge on any atom is 0.322 e. The van der Waals surface area contributed by atoms with Gasteiger partial charge in [0, 0.05) is 24.2 Å². The summed E-state index contributed by atoms with van der Waals surface area (Å²) in [4.78, 5) is 14.2. The van der Waals surface area contributed by atoms with E-state index in [-0.39, 0.29) is 12.1 Å². The lowest BCUT2D eigenvalue weighted by molar-refractivity contribution is 0.177. The summed E-state index contributed by atoms with van der Waals surface area (Å²) in [6.07, 6.45) is 2.11. The molecule has 0 aliphatic carbocycles. The van der Waals surface area contributed by atoms with Crippen LogP contribution in [0.25, 0.3) is 0 Å². The third-order valence-corrected chi connectivity index (χ3v) is 4.05. The Balaban J connectivity index is 2.06. The molecule has 4 nitrogen and oxygen atoms in total. The van der Waals surface area contributed by atoms with Crippen LogP contribution in [0.15, 0.2) is 18.2 Å². The lowest BCUT2D eigenvalue weighted by atomic mass is 10.1. The van der Waals surface area contributed by atoms with E-state index < -0.39 is 0 Å². The maximum absolute atomic E-state index is 12.4. The Morgan fingerprint density at radius 3 is 2.95 bits per heavy atom. The van der Waals surface area contributed by atoms with E-state index in [1.807, 2.05) is 11.8 Å². The van der Waals surface area contributed by atoms with E-state index in [1.54, 1.807) is 18.2 Å². The molecule has 1 heterocycles. The minimum absolute atomic E-state index is 0.134. The van der Waals surface area contributed by atoms with Crippen molar-refractivity contribution in [2.75, 3.05) is 25.0 Å². The predicted octanol–water partition coefficient (Wildman–Crippen LogP) is 3.60. The van der Waals surface area contributed by atoms with Crippen LogP contribution < -0.4 is 10.6 Å². The SMILES string of the molecule is CCN(C(=O)Nc1cc(Cl)ccc1Cl)C1CCCNC1. The van der Waals surface area contributed by atoms with Crippen LogP contribution in [-0.4, -0.2) is 36.6 Å². The van der Waals surface area contributed by atoms with Crippen LogP contribution in [0.4, 0.5) is 10.5 Å². The second kappa shape index (κ2) is 7.16. The average molecular weight is 316 g/mol. The van der Waals surface area contributed by atoms with Gasteiger partial charge in [0.2, 0.25) is 0 Å². The highest BCUT2D eigenvalue weighted by atomic mass is 35.5. The fourth-order valence-electron chi connectivity index (χ4n) is 2.45. The van der Waals surface area contributed by atoms with Crippen molar-refractivity contribution in [3.05, 3.63) is 28.2 Å². The van der Waals surface area contributed by atoms with Crippen LogP contribution in [0.5, 0.6) is 0 Å². The van der Waals surface area contributed by atoms with Gasteiger partial charge in [-0.3, -0.25) is 0 Å². The van der Waals surface area contributed by atoms with Crippen molar-refractivity contribution in [2.45, 2.75) is 25.8 Å². The van der Waals surface area contributed by atoms with E-state index in [0.717, 1.165) is 25.9 Å². The smallest absolute Gasteiger partial charge is 0.321 e. The van der Waals surface area contributed by atoms with Crippen LogP contribution >= 0.6 is 23.2 Å². The van der Waals surface area contributed by atoms with Gasteiger partial charge in [-0.25, -0.2) is 4.79 Å². The standard InChI is InChI=1S/C14H19Cl2N3O/c1-2-19(11-4-3-7-17-9-11)14(20)18-13-8-10(15)5-6-12(13)16/h5-6,8,11,17H,2-4,7,9H2,1H3,(H,18,20). The summed E-state index contributed by atoms with van der Waals surface area (Å²) in [5.74, 6) is 0. The molecule has 2 amide bonds. The highest BCUT2D eigenvalue weighted by molar-refractivity contribution is 6.35. The average Bonchev–Trinajstić information content (AvgIpc) is 2.45. The molecule has 0 aromatic heterocycles. The van der Waals surface area contributed by atoms with Gasteiger partial charge in [0.1, 0.15) is 0 Å². The molecule has 0 radical (unpaired) electrons. The van der Waals surface area contributed by atoms with E-state index in [2.05, 4.69) is 10.6 Å². The third kappa shape index (κ3) is 3.78. The summed E-state index contributed by atoms with van der Waals surface area (Å²) in [7, 11) is 0. The number of piperidine rings is 1. The van der Waals surface area contributed by atoms with E-state index in [4.69, 9.17) is 23.2 Å². The molecule has 0 bridgehead atoms. The number of hydrogen-bond acceptors (Lipinski definition) is 2. The van der Waals surface area contributed by atoms with Crippen molar-refractivity contribution in [3.63, 3.8) is 0 Å². The monoisotopic (exact) mass is 315 g/mol.